The molecule has 10 heteroatoms. The number of ether oxygens (including phenoxy) is 1. The molecule has 0 aliphatic rings. The van der Waals surface area contributed by atoms with Gasteiger partial charge in [0.05, 0.1) is 27.2 Å². The largest absolute Gasteiger partial charge is 0.479 e. The lowest BCUT2D eigenvalue weighted by molar-refractivity contribution is -0.144. The van der Waals surface area contributed by atoms with E-state index in [1.807, 2.05) is 26.8 Å². The van der Waals surface area contributed by atoms with E-state index in [-0.39, 0.29) is 21.4 Å². The molecule has 1 N–H and O–H groups in total. The number of aliphatic carboxylic acids is 1. The SMILES string of the molecule is C[C@@H](Oc1c(Cl)cc(C=Nn2c(C(C)(C)C)nc3ccc(Br)cc3c2=O)cc1Cl)C(=O)O. The van der Waals surface area contributed by atoms with E-state index in [1.165, 1.54) is 29.9 Å². The van der Waals surface area contributed by atoms with Crippen LogP contribution in [-0.4, -0.2) is 33.1 Å². The Hall–Kier alpha value is -2.42. The number of aromatic nitrogens is 2. The maximum atomic E-state index is 13.2. The first-order valence-corrected chi connectivity index (χ1v) is 11.1. The molecule has 0 saturated carbocycles. The molecule has 2 aromatic carbocycles. The summed E-state index contributed by atoms with van der Waals surface area (Å²) in [4.78, 5) is 28.9. The van der Waals surface area contributed by atoms with E-state index in [9.17, 15) is 9.59 Å². The van der Waals surface area contributed by atoms with Gasteiger partial charge in [-0.2, -0.15) is 9.78 Å². The molecule has 0 fully saturated rings. The van der Waals surface area contributed by atoms with Crippen molar-refractivity contribution in [2.45, 2.75) is 39.2 Å². The van der Waals surface area contributed by atoms with Gasteiger partial charge in [-0.15, -0.1) is 0 Å². The zero-order valence-electron chi connectivity index (χ0n) is 17.7. The molecule has 3 rings (SSSR count). The smallest absolute Gasteiger partial charge is 0.344 e. The van der Waals surface area contributed by atoms with Crippen LogP contribution in [-0.2, 0) is 10.2 Å². The third-order valence-electron chi connectivity index (χ3n) is 4.46. The number of halogens is 3. The molecule has 1 aromatic heterocycles. The van der Waals surface area contributed by atoms with Gasteiger partial charge in [0.1, 0.15) is 5.82 Å². The highest BCUT2D eigenvalue weighted by molar-refractivity contribution is 9.10. The van der Waals surface area contributed by atoms with E-state index in [0.717, 1.165) is 4.47 Å². The van der Waals surface area contributed by atoms with Crippen LogP contribution in [0.2, 0.25) is 10.0 Å². The topological polar surface area (TPSA) is 93.8 Å². The van der Waals surface area contributed by atoms with Crippen molar-refractivity contribution in [2.75, 3.05) is 0 Å². The summed E-state index contributed by atoms with van der Waals surface area (Å²) in [5.74, 6) is -0.599. The van der Waals surface area contributed by atoms with Crippen LogP contribution in [0.25, 0.3) is 10.9 Å². The highest BCUT2D eigenvalue weighted by Gasteiger charge is 2.23. The Morgan fingerprint density at radius 1 is 1.25 bits per heavy atom. The van der Waals surface area contributed by atoms with Gasteiger partial charge in [0.15, 0.2) is 11.9 Å². The summed E-state index contributed by atoms with van der Waals surface area (Å²) in [5.41, 5.74) is 0.300. The van der Waals surface area contributed by atoms with Crippen molar-refractivity contribution < 1.29 is 14.6 Å². The van der Waals surface area contributed by atoms with E-state index in [1.54, 1.807) is 12.1 Å². The second-order valence-electron chi connectivity index (χ2n) is 8.12. The zero-order chi connectivity index (χ0) is 23.8. The third kappa shape index (κ3) is 5.14. The van der Waals surface area contributed by atoms with Gasteiger partial charge in [0.25, 0.3) is 5.56 Å². The van der Waals surface area contributed by atoms with Gasteiger partial charge in [0.2, 0.25) is 0 Å². The van der Waals surface area contributed by atoms with E-state index >= 15 is 0 Å². The van der Waals surface area contributed by atoms with Crippen molar-refractivity contribution in [1.82, 2.24) is 9.66 Å². The molecule has 0 amide bonds. The summed E-state index contributed by atoms with van der Waals surface area (Å²) >= 11 is 15.9. The molecular formula is C22H20BrCl2N3O4. The predicted octanol–water partition coefficient (Wildman–Crippen LogP) is 5.50. The fourth-order valence-corrected chi connectivity index (χ4v) is 3.81. The monoisotopic (exact) mass is 539 g/mol. The van der Waals surface area contributed by atoms with E-state index in [4.69, 9.17) is 33.0 Å². The van der Waals surface area contributed by atoms with Crippen molar-refractivity contribution in [2.24, 2.45) is 5.10 Å². The van der Waals surface area contributed by atoms with Crippen LogP contribution in [0.5, 0.6) is 5.75 Å². The van der Waals surface area contributed by atoms with E-state index in [0.29, 0.717) is 22.3 Å². The molecule has 0 aliphatic heterocycles. The zero-order valence-corrected chi connectivity index (χ0v) is 20.8. The Morgan fingerprint density at radius 3 is 2.44 bits per heavy atom. The lowest BCUT2D eigenvalue weighted by atomic mass is 9.95. The van der Waals surface area contributed by atoms with Gasteiger partial charge in [-0.1, -0.05) is 59.9 Å². The summed E-state index contributed by atoms with van der Waals surface area (Å²) in [6, 6.07) is 8.35. The molecule has 0 spiro atoms. The molecule has 7 nitrogen and oxygen atoms in total. The number of carbonyl (C=O) groups is 1. The number of nitrogens with zero attached hydrogens (tertiary/aromatic N) is 3. The molecule has 0 bridgehead atoms. The molecule has 0 aliphatic carbocycles. The Bertz CT molecular complexity index is 1280. The first kappa shape index (κ1) is 24.2. The lowest BCUT2D eigenvalue weighted by Gasteiger charge is -2.21. The average molecular weight is 541 g/mol. The average Bonchev–Trinajstić information content (AvgIpc) is 2.69. The number of benzene rings is 2. The predicted molar refractivity (Wildman–Crippen MR) is 130 cm³/mol. The standard InChI is InChI=1S/C22H20BrCl2N3O4/c1-11(20(30)31)32-18-15(24)7-12(8-16(18)25)10-26-28-19(29)14-9-13(23)5-6-17(14)27-21(28)22(2,3)4/h5-11H,1-4H3,(H,30,31)/t11-/m1/s1. The first-order chi connectivity index (χ1) is 14.9. The van der Waals surface area contributed by atoms with E-state index < -0.39 is 17.5 Å². The van der Waals surface area contributed by atoms with Crippen LogP contribution in [0.1, 0.15) is 39.1 Å². The molecule has 3 aromatic rings. The fourth-order valence-electron chi connectivity index (χ4n) is 2.86. The summed E-state index contributed by atoms with van der Waals surface area (Å²) in [6.45, 7) is 7.19. The van der Waals surface area contributed by atoms with Crippen molar-refractivity contribution in [3.63, 3.8) is 0 Å². The number of hydrogen-bond acceptors (Lipinski definition) is 5. The van der Waals surface area contributed by atoms with Crippen molar-refractivity contribution in [3.8, 4) is 5.75 Å². The maximum Gasteiger partial charge on any atom is 0.344 e. The van der Waals surface area contributed by atoms with Gasteiger partial charge >= 0.3 is 5.97 Å². The van der Waals surface area contributed by atoms with Crippen LogP contribution in [0.4, 0.5) is 0 Å². The molecule has 168 valence electrons. The summed E-state index contributed by atoms with van der Waals surface area (Å²) in [7, 11) is 0. The highest BCUT2D eigenvalue weighted by Crippen LogP contribution is 2.34. The van der Waals surface area contributed by atoms with Gasteiger partial charge in [-0.25, -0.2) is 9.78 Å². The minimum Gasteiger partial charge on any atom is -0.479 e. The van der Waals surface area contributed by atoms with Gasteiger partial charge in [-0.3, -0.25) is 4.79 Å². The molecule has 0 radical (unpaired) electrons. The number of fused-ring (bicyclic) bond motifs is 1. The second kappa shape index (κ2) is 9.21. The van der Waals surface area contributed by atoms with Crippen LogP contribution in [0.15, 0.2) is 44.7 Å². The second-order valence-corrected chi connectivity index (χ2v) is 9.85. The minimum atomic E-state index is -1.15. The summed E-state index contributed by atoms with van der Waals surface area (Å²) in [6.07, 6.45) is 0.310. The number of hydrogen-bond donors (Lipinski definition) is 1. The highest BCUT2D eigenvalue weighted by atomic mass is 79.9. The van der Waals surface area contributed by atoms with Crippen molar-refractivity contribution in [1.29, 1.82) is 0 Å². The Labute approximate surface area is 202 Å². The Balaban J connectivity index is 2.09. The molecule has 32 heavy (non-hydrogen) atoms. The van der Waals surface area contributed by atoms with Crippen LogP contribution < -0.4 is 10.3 Å². The van der Waals surface area contributed by atoms with E-state index in [2.05, 4.69) is 26.0 Å². The molecule has 1 atom stereocenters. The number of rotatable bonds is 5. The number of carboxylic acid groups (broad SMARTS) is 1. The third-order valence-corrected chi connectivity index (χ3v) is 5.52. The Morgan fingerprint density at radius 2 is 1.88 bits per heavy atom. The first-order valence-electron chi connectivity index (χ1n) is 9.54. The van der Waals surface area contributed by atoms with Crippen LogP contribution in [0, 0.1) is 0 Å². The molecule has 0 saturated heterocycles. The van der Waals surface area contributed by atoms with Crippen LogP contribution >= 0.6 is 39.1 Å². The van der Waals surface area contributed by atoms with Gasteiger partial charge < -0.3 is 9.84 Å². The quantitative estimate of drug-likeness (QED) is 0.431. The van der Waals surface area contributed by atoms with Crippen LogP contribution in [0.3, 0.4) is 0 Å². The lowest BCUT2D eigenvalue weighted by Crippen LogP contribution is -2.29. The van der Waals surface area contributed by atoms with Crippen molar-refractivity contribution >= 4 is 62.2 Å². The minimum absolute atomic E-state index is 0.0603. The summed E-state index contributed by atoms with van der Waals surface area (Å²) in [5, 5.41) is 14.1. The maximum absolute atomic E-state index is 13.2. The molecule has 1 heterocycles. The summed E-state index contributed by atoms with van der Waals surface area (Å²) < 4.78 is 7.33. The molecular weight excluding hydrogens is 521 g/mol. The normalized spacial score (nSPS) is 13.0. The van der Waals surface area contributed by atoms with Gasteiger partial charge in [-0.05, 0) is 42.8 Å². The Kier molecular flexibility index (Phi) is 6.97. The van der Waals surface area contributed by atoms with Crippen molar-refractivity contribution in [3.05, 3.63) is 66.6 Å². The molecule has 0 unspecified atom stereocenters. The number of carboxylic acids is 1. The van der Waals surface area contributed by atoms with Gasteiger partial charge in [0, 0.05) is 9.89 Å². The fraction of sp³-hybridized carbons (Fsp3) is 0.273.